The number of halogens is 1. The number of benzene rings is 3. The Labute approximate surface area is 188 Å². The molecule has 1 heterocycles. The van der Waals surface area contributed by atoms with Gasteiger partial charge in [0.15, 0.2) is 5.76 Å². The highest BCUT2D eigenvalue weighted by atomic mass is 35.5. The normalized spacial score (nSPS) is 14.1. The summed E-state index contributed by atoms with van der Waals surface area (Å²) in [7, 11) is -2.80. The molecule has 32 heavy (non-hydrogen) atoms. The molecule has 0 N–H and O–H groups in total. The zero-order valence-electron chi connectivity index (χ0n) is 16.6. The van der Waals surface area contributed by atoms with E-state index in [1.54, 1.807) is 24.3 Å². The van der Waals surface area contributed by atoms with Crippen LogP contribution in [-0.2, 0) is 14.9 Å². The van der Waals surface area contributed by atoms with E-state index in [0.29, 0.717) is 16.1 Å². The van der Waals surface area contributed by atoms with E-state index in [-0.39, 0.29) is 33.5 Å². The third-order valence-corrected chi connectivity index (χ3v) is 6.09. The molecule has 0 amide bonds. The van der Waals surface area contributed by atoms with Crippen molar-refractivity contribution in [1.29, 1.82) is 0 Å². The Balaban J connectivity index is 1.55. The molecule has 0 aliphatic carbocycles. The van der Waals surface area contributed by atoms with E-state index in [1.807, 2.05) is 0 Å². The Kier molecular flexibility index (Phi) is 5.73. The Morgan fingerprint density at radius 2 is 1.69 bits per heavy atom. The summed E-state index contributed by atoms with van der Waals surface area (Å²) < 4.78 is 40.4. The first-order chi connectivity index (χ1) is 15.3. The van der Waals surface area contributed by atoms with E-state index in [4.69, 9.17) is 20.5 Å². The molecule has 0 aromatic heterocycles. The van der Waals surface area contributed by atoms with Gasteiger partial charge in [-0.3, -0.25) is 4.79 Å². The predicted octanol–water partition coefficient (Wildman–Crippen LogP) is 4.51. The van der Waals surface area contributed by atoms with Gasteiger partial charge in [0.2, 0.25) is 5.78 Å². The lowest BCUT2D eigenvalue weighted by Crippen LogP contribution is -2.09. The van der Waals surface area contributed by atoms with Gasteiger partial charge in [-0.1, -0.05) is 23.7 Å². The zero-order chi connectivity index (χ0) is 22.9. The number of fused-ring (bicyclic) bond motifs is 1. The van der Waals surface area contributed by atoms with E-state index in [9.17, 15) is 18.0 Å². The average molecular weight is 471 g/mol. The Morgan fingerprint density at radius 3 is 2.34 bits per heavy atom. The van der Waals surface area contributed by atoms with Crippen LogP contribution in [0.5, 0.6) is 11.5 Å². The highest BCUT2D eigenvalue weighted by Crippen LogP contribution is 2.35. The minimum atomic E-state index is -4.09. The first-order valence-corrected chi connectivity index (χ1v) is 11.0. The van der Waals surface area contributed by atoms with Crippen LogP contribution in [0.15, 0.2) is 77.4 Å². The fraction of sp³-hybridized carbons (Fsp3) is 0.0435. The molecule has 3 aromatic carbocycles. The summed E-state index contributed by atoms with van der Waals surface area (Å²) in [6.45, 7) is 0. The fourth-order valence-electron chi connectivity index (χ4n) is 2.98. The zero-order valence-corrected chi connectivity index (χ0v) is 18.1. The summed E-state index contributed by atoms with van der Waals surface area (Å²) in [6, 6.07) is 16.1. The lowest BCUT2D eigenvalue weighted by atomic mass is 10.1. The maximum absolute atomic E-state index is 12.6. The largest absolute Gasteiger partial charge is 0.465 e. The first-order valence-electron chi connectivity index (χ1n) is 9.23. The topological polar surface area (TPSA) is 96.0 Å². The third-order valence-electron chi connectivity index (χ3n) is 4.58. The van der Waals surface area contributed by atoms with Gasteiger partial charge in [0.25, 0.3) is 0 Å². The van der Waals surface area contributed by atoms with Crippen molar-refractivity contribution >= 4 is 39.5 Å². The molecular weight excluding hydrogens is 456 g/mol. The molecule has 3 aromatic rings. The molecule has 0 fully saturated rings. The van der Waals surface area contributed by atoms with Crippen molar-refractivity contribution < 1.29 is 31.7 Å². The van der Waals surface area contributed by atoms with Crippen LogP contribution >= 0.6 is 11.6 Å². The number of esters is 1. The molecule has 0 spiro atoms. The number of carbonyl (C=O) groups is 2. The predicted molar refractivity (Wildman–Crippen MR) is 116 cm³/mol. The van der Waals surface area contributed by atoms with Crippen molar-refractivity contribution in [3.63, 3.8) is 0 Å². The lowest BCUT2D eigenvalue weighted by Gasteiger charge is -2.08. The summed E-state index contributed by atoms with van der Waals surface area (Å²) in [4.78, 5) is 24.1. The number of allylic oxidation sites excluding steroid dienone is 1. The Bertz CT molecular complexity index is 1340. The van der Waals surface area contributed by atoms with Crippen LogP contribution in [0.3, 0.4) is 0 Å². The van der Waals surface area contributed by atoms with Gasteiger partial charge in [-0.05, 0) is 60.2 Å². The molecule has 0 saturated heterocycles. The van der Waals surface area contributed by atoms with Crippen LogP contribution in [-0.4, -0.2) is 27.3 Å². The summed E-state index contributed by atoms with van der Waals surface area (Å²) in [6.07, 6.45) is 1.52. The van der Waals surface area contributed by atoms with Gasteiger partial charge in [-0.25, -0.2) is 4.79 Å². The lowest BCUT2D eigenvalue weighted by molar-refractivity contribution is 0.0600. The highest BCUT2D eigenvalue weighted by Gasteiger charge is 2.28. The second-order valence-electron chi connectivity index (χ2n) is 6.70. The molecule has 1 aliphatic heterocycles. The standard InChI is InChI=1S/C23H15ClO7S/c1-29-23(26)15-4-2-14(3-5-15)12-21-22(25)19-11-8-17(13-20(19)30-21)31-32(27,28)18-9-6-16(24)7-10-18/h2-13H,1H3/b21-12-. The summed E-state index contributed by atoms with van der Waals surface area (Å²) in [5.74, 6) is -0.593. The van der Waals surface area contributed by atoms with Crippen molar-refractivity contribution in [3.05, 3.63) is 94.2 Å². The van der Waals surface area contributed by atoms with E-state index >= 15 is 0 Å². The second kappa shape index (κ2) is 8.49. The van der Waals surface area contributed by atoms with E-state index in [2.05, 4.69) is 4.74 Å². The number of Topliss-reactive ketones (excluding diaryl/α,β-unsaturated/α-hetero) is 1. The van der Waals surface area contributed by atoms with E-state index in [1.165, 1.54) is 55.7 Å². The molecule has 0 atom stereocenters. The maximum atomic E-state index is 12.6. The number of hydrogen-bond donors (Lipinski definition) is 0. The molecular formula is C23H15ClO7S. The van der Waals surface area contributed by atoms with Gasteiger partial charge in [0, 0.05) is 11.1 Å². The average Bonchev–Trinajstić information content (AvgIpc) is 3.08. The van der Waals surface area contributed by atoms with Crippen LogP contribution in [0.1, 0.15) is 26.3 Å². The number of carbonyl (C=O) groups excluding carboxylic acids is 2. The van der Waals surface area contributed by atoms with Crippen LogP contribution < -0.4 is 8.92 Å². The van der Waals surface area contributed by atoms with Crippen molar-refractivity contribution in [1.82, 2.24) is 0 Å². The van der Waals surface area contributed by atoms with Crippen molar-refractivity contribution in [2.45, 2.75) is 4.90 Å². The first kappa shape index (κ1) is 21.6. The van der Waals surface area contributed by atoms with Gasteiger partial charge >= 0.3 is 16.1 Å². The molecule has 0 bridgehead atoms. The molecule has 0 unspecified atom stereocenters. The molecule has 7 nitrogen and oxygen atoms in total. The number of methoxy groups -OCH3 is 1. The fourth-order valence-corrected chi connectivity index (χ4v) is 4.03. The summed E-state index contributed by atoms with van der Waals surface area (Å²) >= 11 is 5.79. The number of hydrogen-bond acceptors (Lipinski definition) is 7. The minimum Gasteiger partial charge on any atom is -0.465 e. The molecule has 0 radical (unpaired) electrons. The van der Waals surface area contributed by atoms with Gasteiger partial charge in [0.05, 0.1) is 18.2 Å². The van der Waals surface area contributed by atoms with Crippen LogP contribution in [0.2, 0.25) is 5.02 Å². The maximum Gasteiger partial charge on any atom is 0.339 e. The number of ketones is 1. The number of ether oxygens (including phenoxy) is 2. The van der Waals surface area contributed by atoms with Gasteiger partial charge in [-0.15, -0.1) is 0 Å². The van der Waals surface area contributed by atoms with Crippen LogP contribution in [0.25, 0.3) is 6.08 Å². The van der Waals surface area contributed by atoms with Crippen LogP contribution in [0, 0.1) is 0 Å². The van der Waals surface area contributed by atoms with Crippen LogP contribution in [0.4, 0.5) is 0 Å². The van der Waals surface area contributed by atoms with Gasteiger partial charge < -0.3 is 13.7 Å². The van der Waals surface area contributed by atoms with E-state index < -0.39 is 16.1 Å². The van der Waals surface area contributed by atoms with Gasteiger partial charge in [-0.2, -0.15) is 8.42 Å². The molecule has 162 valence electrons. The van der Waals surface area contributed by atoms with Crippen molar-refractivity contribution in [3.8, 4) is 11.5 Å². The van der Waals surface area contributed by atoms with E-state index in [0.717, 1.165) is 0 Å². The SMILES string of the molecule is COC(=O)c1ccc(/C=C2\Oc3cc(OS(=O)(=O)c4ccc(Cl)cc4)ccc3C2=O)cc1. The molecule has 1 aliphatic rings. The second-order valence-corrected chi connectivity index (χ2v) is 8.69. The highest BCUT2D eigenvalue weighted by molar-refractivity contribution is 7.87. The number of rotatable bonds is 5. The minimum absolute atomic E-state index is 0.00446. The van der Waals surface area contributed by atoms with Crippen molar-refractivity contribution in [2.75, 3.05) is 7.11 Å². The molecule has 4 rings (SSSR count). The Hall–Kier alpha value is -3.62. The summed E-state index contributed by atoms with van der Waals surface area (Å²) in [5.41, 5.74) is 1.29. The quantitative estimate of drug-likeness (QED) is 0.307. The summed E-state index contributed by atoms with van der Waals surface area (Å²) in [5, 5.41) is 0.396. The third kappa shape index (κ3) is 4.37. The molecule has 0 saturated carbocycles. The molecule has 9 heteroatoms. The Morgan fingerprint density at radius 1 is 1.00 bits per heavy atom. The smallest absolute Gasteiger partial charge is 0.339 e. The monoisotopic (exact) mass is 470 g/mol. The van der Waals surface area contributed by atoms with Crippen molar-refractivity contribution in [2.24, 2.45) is 0 Å². The van der Waals surface area contributed by atoms with Gasteiger partial charge in [0.1, 0.15) is 16.4 Å².